The lowest BCUT2D eigenvalue weighted by atomic mass is 9.85. The zero-order chi connectivity index (χ0) is 12.1. The molecule has 0 aromatic rings. The third-order valence-corrected chi connectivity index (χ3v) is 4.19. The van der Waals surface area contributed by atoms with Gasteiger partial charge < -0.3 is 9.47 Å². The van der Waals surface area contributed by atoms with Crippen LogP contribution in [0.5, 0.6) is 0 Å². The van der Waals surface area contributed by atoms with Gasteiger partial charge >= 0.3 is 0 Å². The minimum Gasteiger partial charge on any atom is -0.381 e. The Kier molecular flexibility index (Phi) is 4.99. The van der Waals surface area contributed by atoms with E-state index in [-0.39, 0.29) is 11.7 Å². The third kappa shape index (κ3) is 3.52. The largest absolute Gasteiger partial charge is 0.381 e. The zero-order valence-corrected chi connectivity index (χ0v) is 10.8. The number of carbonyl (C=O) groups is 1. The molecule has 2 aliphatic rings. The van der Waals surface area contributed by atoms with Gasteiger partial charge in [0.25, 0.3) is 0 Å². The number of ether oxygens (including phenoxy) is 2. The molecule has 1 aliphatic carbocycles. The number of rotatable bonds is 5. The van der Waals surface area contributed by atoms with Crippen molar-refractivity contribution >= 4 is 5.78 Å². The second kappa shape index (κ2) is 6.50. The van der Waals surface area contributed by atoms with E-state index in [1.54, 1.807) is 0 Å². The first-order valence-corrected chi connectivity index (χ1v) is 7.03. The van der Waals surface area contributed by atoms with Crippen LogP contribution in [0.15, 0.2) is 0 Å². The molecule has 0 bridgehead atoms. The molecule has 0 aromatic heterocycles. The molecule has 0 amide bonds. The quantitative estimate of drug-likeness (QED) is 0.741. The molecule has 3 atom stereocenters. The molecule has 0 N–H and O–H groups in total. The van der Waals surface area contributed by atoms with E-state index in [2.05, 4.69) is 6.92 Å². The normalized spacial score (nSPS) is 33.8. The zero-order valence-electron chi connectivity index (χ0n) is 10.8. The Hall–Kier alpha value is -0.410. The summed E-state index contributed by atoms with van der Waals surface area (Å²) in [6, 6.07) is 0. The van der Waals surface area contributed by atoms with Gasteiger partial charge in [-0.15, -0.1) is 0 Å². The molecule has 3 nitrogen and oxygen atoms in total. The lowest BCUT2D eigenvalue weighted by molar-refractivity contribution is -0.131. The summed E-state index contributed by atoms with van der Waals surface area (Å²) in [5.74, 6) is 0.998. The smallest absolute Gasteiger partial charge is 0.163 e. The monoisotopic (exact) mass is 240 g/mol. The summed E-state index contributed by atoms with van der Waals surface area (Å²) in [6.45, 7) is 3.86. The average molecular weight is 240 g/mol. The van der Waals surface area contributed by atoms with Crippen LogP contribution in [-0.4, -0.2) is 31.7 Å². The fourth-order valence-corrected chi connectivity index (χ4v) is 2.96. The maximum atomic E-state index is 11.9. The first kappa shape index (κ1) is 13.0. The highest BCUT2D eigenvalue weighted by molar-refractivity contribution is 5.82. The van der Waals surface area contributed by atoms with Crippen molar-refractivity contribution in [2.45, 2.75) is 51.6 Å². The fraction of sp³-hybridized carbons (Fsp3) is 0.929. The van der Waals surface area contributed by atoms with E-state index in [1.807, 2.05) is 0 Å². The van der Waals surface area contributed by atoms with Crippen molar-refractivity contribution in [2.75, 3.05) is 19.8 Å². The molecule has 1 saturated heterocycles. The van der Waals surface area contributed by atoms with E-state index >= 15 is 0 Å². The Morgan fingerprint density at radius 1 is 1.29 bits per heavy atom. The van der Waals surface area contributed by atoms with Gasteiger partial charge in [0.05, 0.1) is 12.7 Å². The number of carbonyl (C=O) groups excluding carboxylic acids is 1. The molecule has 0 radical (unpaired) electrons. The van der Waals surface area contributed by atoms with Crippen LogP contribution in [0.25, 0.3) is 0 Å². The van der Waals surface area contributed by atoms with Crippen LogP contribution in [0.3, 0.4) is 0 Å². The van der Waals surface area contributed by atoms with Crippen molar-refractivity contribution in [1.82, 2.24) is 0 Å². The summed E-state index contributed by atoms with van der Waals surface area (Å²) < 4.78 is 11.1. The van der Waals surface area contributed by atoms with Gasteiger partial charge in [0.2, 0.25) is 0 Å². The summed E-state index contributed by atoms with van der Waals surface area (Å²) >= 11 is 0. The predicted octanol–water partition coefficient (Wildman–Crippen LogP) is 2.58. The first-order chi connectivity index (χ1) is 8.31. The maximum absolute atomic E-state index is 11.9. The molecular formula is C14H24O3. The lowest BCUT2D eigenvalue weighted by Gasteiger charge is -2.30. The number of hydrogen-bond donors (Lipinski definition) is 0. The molecule has 3 unspecified atom stereocenters. The van der Waals surface area contributed by atoms with E-state index in [0.29, 0.717) is 25.2 Å². The van der Waals surface area contributed by atoms with Gasteiger partial charge in [0.15, 0.2) is 5.78 Å². The topological polar surface area (TPSA) is 35.5 Å². The van der Waals surface area contributed by atoms with Crippen molar-refractivity contribution < 1.29 is 14.3 Å². The van der Waals surface area contributed by atoms with Gasteiger partial charge in [0, 0.05) is 12.5 Å². The number of ketones is 1. The SMILES string of the molecule is CCC1CCCCC1OCC(=O)C1CCOC1. The summed E-state index contributed by atoms with van der Waals surface area (Å²) in [4.78, 5) is 11.9. The van der Waals surface area contributed by atoms with Crippen LogP contribution in [0.1, 0.15) is 45.4 Å². The standard InChI is InChI=1S/C14H24O3/c1-2-11-5-3-4-6-14(11)17-10-13(15)12-7-8-16-9-12/h11-12,14H,2-10H2,1H3. The summed E-state index contributed by atoms with van der Waals surface area (Å²) in [5.41, 5.74) is 0. The molecular weight excluding hydrogens is 216 g/mol. The minimum atomic E-state index is 0.0960. The number of Topliss-reactive ketones (excluding diaryl/α,β-unsaturated/α-hetero) is 1. The average Bonchev–Trinajstić information content (AvgIpc) is 2.90. The molecule has 17 heavy (non-hydrogen) atoms. The Bertz CT molecular complexity index is 246. The van der Waals surface area contributed by atoms with Gasteiger partial charge in [0.1, 0.15) is 6.61 Å². The molecule has 3 heteroatoms. The van der Waals surface area contributed by atoms with E-state index < -0.39 is 0 Å². The second-order valence-electron chi connectivity index (χ2n) is 5.33. The Labute approximate surface area is 104 Å². The molecule has 1 heterocycles. The van der Waals surface area contributed by atoms with Crippen LogP contribution >= 0.6 is 0 Å². The van der Waals surface area contributed by atoms with Crippen LogP contribution in [0.4, 0.5) is 0 Å². The van der Waals surface area contributed by atoms with Gasteiger partial charge in [-0.1, -0.05) is 26.2 Å². The minimum absolute atomic E-state index is 0.0960. The van der Waals surface area contributed by atoms with Crippen LogP contribution in [0.2, 0.25) is 0 Å². The highest BCUT2D eigenvalue weighted by Crippen LogP contribution is 2.29. The molecule has 0 aromatic carbocycles. The molecule has 1 saturated carbocycles. The Balaban J connectivity index is 1.74. The number of hydrogen-bond acceptors (Lipinski definition) is 3. The van der Waals surface area contributed by atoms with Crippen molar-refractivity contribution in [2.24, 2.45) is 11.8 Å². The van der Waals surface area contributed by atoms with Gasteiger partial charge in [-0.05, 0) is 25.2 Å². The van der Waals surface area contributed by atoms with E-state index in [1.165, 1.54) is 25.7 Å². The molecule has 1 aliphatic heterocycles. The van der Waals surface area contributed by atoms with Crippen molar-refractivity contribution in [3.05, 3.63) is 0 Å². The molecule has 2 fully saturated rings. The van der Waals surface area contributed by atoms with Gasteiger partial charge in [-0.3, -0.25) is 4.79 Å². The first-order valence-electron chi connectivity index (χ1n) is 7.03. The van der Waals surface area contributed by atoms with Crippen LogP contribution in [0, 0.1) is 11.8 Å². The summed E-state index contributed by atoms with van der Waals surface area (Å²) in [7, 11) is 0. The maximum Gasteiger partial charge on any atom is 0.163 e. The Morgan fingerprint density at radius 3 is 2.82 bits per heavy atom. The second-order valence-corrected chi connectivity index (χ2v) is 5.33. The van der Waals surface area contributed by atoms with Crippen molar-refractivity contribution in [1.29, 1.82) is 0 Å². The van der Waals surface area contributed by atoms with E-state index in [0.717, 1.165) is 19.4 Å². The van der Waals surface area contributed by atoms with E-state index in [9.17, 15) is 4.79 Å². The van der Waals surface area contributed by atoms with Gasteiger partial charge in [-0.2, -0.15) is 0 Å². The molecule has 2 rings (SSSR count). The summed E-state index contributed by atoms with van der Waals surface area (Å²) in [6.07, 6.45) is 7.34. The summed E-state index contributed by atoms with van der Waals surface area (Å²) in [5, 5.41) is 0. The van der Waals surface area contributed by atoms with Crippen molar-refractivity contribution in [3.63, 3.8) is 0 Å². The lowest BCUT2D eigenvalue weighted by Crippen LogP contribution is -2.31. The predicted molar refractivity (Wildman–Crippen MR) is 65.9 cm³/mol. The van der Waals surface area contributed by atoms with E-state index in [4.69, 9.17) is 9.47 Å². The molecule has 0 spiro atoms. The highest BCUT2D eigenvalue weighted by atomic mass is 16.5. The van der Waals surface area contributed by atoms with Gasteiger partial charge in [-0.25, -0.2) is 0 Å². The van der Waals surface area contributed by atoms with Crippen LogP contribution < -0.4 is 0 Å². The fourth-order valence-electron chi connectivity index (χ4n) is 2.96. The molecule has 98 valence electrons. The highest BCUT2D eigenvalue weighted by Gasteiger charge is 2.27. The third-order valence-electron chi connectivity index (χ3n) is 4.19. The van der Waals surface area contributed by atoms with Crippen LogP contribution in [-0.2, 0) is 14.3 Å². The Morgan fingerprint density at radius 2 is 2.12 bits per heavy atom. The van der Waals surface area contributed by atoms with Crippen molar-refractivity contribution in [3.8, 4) is 0 Å².